The summed E-state index contributed by atoms with van der Waals surface area (Å²) in [6, 6.07) is 5.22. The van der Waals surface area contributed by atoms with Crippen LogP contribution in [0.15, 0.2) is 18.2 Å². The number of hydrogen-bond acceptors (Lipinski definition) is 3. The van der Waals surface area contributed by atoms with Crippen molar-refractivity contribution in [3.63, 3.8) is 0 Å². The quantitative estimate of drug-likeness (QED) is 0.902. The van der Waals surface area contributed by atoms with Crippen LogP contribution < -0.4 is 0 Å². The van der Waals surface area contributed by atoms with E-state index in [-0.39, 0.29) is 17.4 Å². The number of likely N-dealkylation sites (tertiary alicyclic amines) is 1. The minimum absolute atomic E-state index is 0.0765. The molecular formula is C16H22ClFN2O2. The number of benzene rings is 1. The predicted molar refractivity (Wildman–Crippen MR) is 84.6 cm³/mol. The zero-order chi connectivity index (χ0) is 16.1. The number of nitrogens with zero attached hydrogens (tertiary/aromatic N) is 2. The van der Waals surface area contributed by atoms with Gasteiger partial charge in [-0.25, -0.2) is 4.39 Å². The monoisotopic (exact) mass is 328 g/mol. The van der Waals surface area contributed by atoms with E-state index in [0.29, 0.717) is 12.6 Å². The zero-order valence-electron chi connectivity index (χ0n) is 12.8. The number of carboxylic acid groups (broad SMARTS) is 1. The maximum atomic E-state index is 13.5. The van der Waals surface area contributed by atoms with Gasteiger partial charge >= 0.3 is 5.97 Å². The van der Waals surface area contributed by atoms with Crippen molar-refractivity contribution in [2.45, 2.75) is 31.8 Å². The third-order valence-corrected chi connectivity index (χ3v) is 4.49. The van der Waals surface area contributed by atoms with E-state index in [0.717, 1.165) is 37.9 Å². The zero-order valence-corrected chi connectivity index (χ0v) is 13.5. The van der Waals surface area contributed by atoms with Crippen molar-refractivity contribution in [3.05, 3.63) is 34.6 Å². The Morgan fingerprint density at radius 3 is 2.91 bits per heavy atom. The van der Waals surface area contributed by atoms with Gasteiger partial charge in [0.2, 0.25) is 0 Å². The number of aliphatic carboxylic acids is 1. The van der Waals surface area contributed by atoms with Gasteiger partial charge in [0.1, 0.15) is 5.82 Å². The fourth-order valence-electron chi connectivity index (χ4n) is 2.98. The molecule has 1 aromatic rings. The van der Waals surface area contributed by atoms with Gasteiger partial charge in [-0.3, -0.25) is 14.6 Å². The second-order valence-corrected chi connectivity index (χ2v) is 6.33. The Hall–Kier alpha value is -1.17. The first-order chi connectivity index (χ1) is 10.5. The van der Waals surface area contributed by atoms with Gasteiger partial charge in [-0.05, 0) is 57.1 Å². The molecule has 1 fully saturated rings. The number of hydrogen-bond donors (Lipinski definition) is 1. The summed E-state index contributed by atoms with van der Waals surface area (Å²) >= 11 is 5.70. The first-order valence-corrected chi connectivity index (χ1v) is 7.92. The Bertz CT molecular complexity index is 527. The minimum Gasteiger partial charge on any atom is -0.480 e. The Morgan fingerprint density at radius 1 is 1.45 bits per heavy atom. The highest BCUT2D eigenvalue weighted by Crippen LogP contribution is 2.20. The van der Waals surface area contributed by atoms with Crippen LogP contribution in [0, 0.1) is 5.82 Å². The van der Waals surface area contributed by atoms with Gasteiger partial charge in [-0.15, -0.1) is 0 Å². The molecule has 0 radical (unpaired) electrons. The van der Waals surface area contributed by atoms with Crippen LogP contribution in [0.2, 0.25) is 5.02 Å². The summed E-state index contributed by atoms with van der Waals surface area (Å²) in [5, 5.41) is 9.03. The average molecular weight is 329 g/mol. The van der Waals surface area contributed by atoms with Gasteiger partial charge in [-0.2, -0.15) is 0 Å². The summed E-state index contributed by atoms with van der Waals surface area (Å²) in [7, 11) is 1.86. The third kappa shape index (κ3) is 4.93. The molecule has 0 spiro atoms. The highest BCUT2D eigenvalue weighted by molar-refractivity contribution is 6.30. The Labute approximate surface area is 135 Å². The molecule has 1 N–H and O–H groups in total. The molecule has 1 saturated heterocycles. The van der Waals surface area contributed by atoms with E-state index in [1.165, 1.54) is 6.07 Å². The van der Waals surface area contributed by atoms with Gasteiger partial charge < -0.3 is 5.11 Å². The molecular weight excluding hydrogens is 307 g/mol. The lowest BCUT2D eigenvalue weighted by Crippen LogP contribution is -2.36. The van der Waals surface area contributed by atoms with E-state index in [2.05, 4.69) is 4.90 Å². The van der Waals surface area contributed by atoms with Gasteiger partial charge in [0.15, 0.2) is 0 Å². The van der Waals surface area contributed by atoms with Gasteiger partial charge in [0.25, 0.3) is 0 Å². The predicted octanol–water partition coefficient (Wildman–Crippen LogP) is 2.85. The molecule has 0 aliphatic carbocycles. The minimum atomic E-state index is -0.791. The van der Waals surface area contributed by atoms with Crippen molar-refractivity contribution < 1.29 is 14.3 Å². The summed E-state index contributed by atoms with van der Waals surface area (Å²) in [5.41, 5.74) is 0.916. The summed E-state index contributed by atoms with van der Waals surface area (Å²) in [6.07, 6.45) is 2.94. The standard InChI is InChI=1S/C16H22ClFN2O2/c1-19(11-16(21)22)13-3-2-7-20(8-6-13)10-12-4-5-14(17)15(18)9-12/h4-5,9,13H,2-3,6-8,10-11H2,1H3,(H,21,22). The van der Waals surface area contributed by atoms with Gasteiger partial charge in [0.05, 0.1) is 11.6 Å². The van der Waals surface area contributed by atoms with Crippen molar-refractivity contribution in [2.75, 3.05) is 26.7 Å². The van der Waals surface area contributed by atoms with Crippen LogP contribution in [0.1, 0.15) is 24.8 Å². The molecule has 1 heterocycles. The van der Waals surface area contributed by atoms with E-state index in [9.17, 15) is 9.18 Å². The summed E-state index contributed by atoms with van der Waals surface area (Å²) in [5.74, 6) is -1.17. The van der Waals surface area contributed by atoms with Crippen LogP contribution in [0.4, 0.5) is 4.39 Å². The maximum Gasteiger partial charge on any atom is 0.317 e. The van der Waals surface area contributed by atoms with E-state index in [4.69, 9.17) is 16.7 Å². The first-order valence-electron chi connectivity index (χ1n) is 7.54. The summed E-state index contributed by atoms with van der Waals surface area (Å²) in [4.78, 5) is 15.0. The average Bonchev–Trinajstić information content (AvgIpc) is 2.68. The van der Waals surface area contributed by atoms with Crippen LogP contribution in [0.5, 0.6) is 0 Å². The van der Waals surface area contributed by atoms with E-state index >= 15 is 0 Å². The van der Waals surface area contributed by atoms with Crippen molar-refractivity contribution in [1.29, 1.82) is 0 Å². The molecule has 1 aliphatic rings. The lowest BCUT2D eigenvalue weighted by Gasteiger charge is -2.25. The van der Waals surface area contributed by atoms with Crippen LogP contribution in [0.25, 0.3) is 0 Å². The molecule has 0 saturated carbocycles. The van der Waals surface area contributed by atoms with Crippen molar-refractivity contribution in [2.24, 2.45) is 0 Å². The van der Waals surface area contributed by atoms with E-state index in [1.807, 2.05) is 18.0 Å². The molecule has 22 heavy (non-hydrogen) atoms. The van der Waals surface area contributed by atoms with Gasteiger partial charge in [-0.1, -0.05) is 17.7 Å². The Balaban J connectivity index is 1.89. The van der Waals surface area contributed by atoms with Crippen LogP contribution in [0.3, 0.4) is 0 Å². The van der Waals surface area contributed by atoms with Crippen LogP contribution >= 0.6 is 11.6 Å². The summed E-state index contributed by atoms with van der Waals surface area (Å²) in [6.45, 7) is 2.61. The van der Waals surface area contributed by atoms with Gasteiger partial charge in [0, 0.05) is 12.6 Å². The lowest BCUT2D eigenvalue weighted by molar-refractivity contribution is -0.138. The smallest absolute Gasteiger partial charge is 0.317 e. The molecule has 0 bridgehead atoms. The normalized spacial score (nSPS) is 20.1. The van der Waals surface area contributed by atoms with E-state index < -0.39 is 5.97 Å². The van der Waals surface area contributed by atoms with Crippen molar-refractivity contribution in [1.82, 2.24) is 9.80 Å². The number of likely N-dealkylation sites (N-methyl/N-ethyl adjacent to an activating group) is 1. The highest BCUT2D eigenvalue weighted by Gasteiger charge is 2.21. The van der Waals surface area contributed by atoms with Crippen LogP contribution in [-0.4, -0.2) is 53.6 Å². The maximum absolute atomic E-state index is 13.5. The molecule has 1 aliphatic heterocycles. The molecule has 1 atom stereocenters. The van der Waals surface area contributed by atoms with Crippen molar-refractivity contribution >= 4 is 17.6 Å². The molecule has 0 aromatic heterocycles. The molecule has 1 aromatic carbocycles. The fraction of sp³-hybridized carbons (Fsp3) is 0.562. The van der Waals surface area contributed by atoms with E-state index in [1.54, 1.807) is 6.07 Å². The number of carbonyl (C=O) groups is 1. The second kappa shape index (κ2) is 7.90. The Morgan fingerprint density at radius 2 is 2.23 bits per heavy atom. The molecule has 1 unspecified atom stereocenters. The fourth-order valence-corrected chi connectivity index (χ4v) is 3.09. The molecule has 0 amide bonds. The number of rotatable bonds is 5. The molecule has 4 nitrogen and oxygen atoms in total. The number of carboxylic acids is 1. The second-order valence-electron chi connectivity index (χ2n) is 5.92. The highest BCUT2D eigenvalue weighted by atomic mass is 35.5. The summed E-state index contributed by atoms with van der Waals surface area (Å²) < 4.78 is 13.5. The van der Waals surface area contributed by atoms with Crippen LogP contribution in [-0.2, 0) is 11.3 Å². The third-order valence-electron chi connectivity index (χ3n) is 4.19. The lowest BCUT2D eigenvalue weighted by atomic mass is 10.1. The molecule has 122 valence electrons. The molecule has 6 heteroatoms. The first kappa shape index (κ1) is 17.2. The topological polar surface area (TPSA) is 43.8 Å². The Kier molecular flexibility index (Phi) is 6.17. The SMILES string of the molecule is CN(CC(=O)O)C1CCCN(Cc2ccc(Cl)c(F)c2)CC1. The molecule has 2 rings (SSSR count). The number of halogens is 2. The largest absolute Gasteiger partial charge is 0.480 e. The van der Waals surface area contributed by atoms with Crippen molar-refractivity contribution in [3.8, 4) is 0 Å².